The minimum absolute atomic E-state index is 0.153. The SMILES string of the molecule is C=P(C)(C)CC[C@H]1O[C@@H](n2cc(CNCC=C(C)C)c(=O)[nH]c2=S)C(O)[C@@H]1O. The summed E-state index contributed by atoms with van der Waals surface area (Å²) in [5.74, 6) is 0. The van der Waals surface area contributed by atoms with E-state index < -0.39 is 31.4 Å². The Bertz CT molecular complexity index is 869. The molecule has 7 nitrogen and oxygen atoms in total. The van der Waals surface area contributed by atoms with Gasteiger partial charge in [-0.1, -0.05) is 11.6 Å². The third-order valence-corrected chi connectivity index (χ3v) is 6.42. The molecule has 0 aliphatic carbocycles. The first-order valence-electron chi connectivity index (χ1n) is 9.37. The fourth-order valence-electron chi connectivity index (χ4n) is 3.00. The molecule has 0 bridgehead atoms. The number of nitrogens with one attached hydrogen (secondary N) is 2. The average molecular weight is 430 g/mol. The van der Waals surface area contributed by atoms with Crippen LogP contribution in [0.3, 0.4) is 0 Å². The first-order valence-corrected chi connectivity index (χ1v) is 12.8. The molecule has 1 aliphatic rings. The largest absolute Gasteiger partial charge is 0.388 e. The standard InChI is InChI=1S/C19H32N3O4PS/c1-12(2)6-8-20-10-13-11-22(19(28)21-17(13)25)18-16(24)15(23)14(26-18)7-9-27(3,4)5/h6,11,14-16,18,20,23-24H,3,7-10H2,1-2,4-5H3,(H,21,25,28)/t14-,15-,16?,18-/m1/s1. The molecule has 0 saturated carbocycles. The van der Waals surface area contributed by atoms with Gasteiger partial charge in [-0.15, -0.1) is 13.2 Å². The summed E-state index contributed by atoms with van der Waals surface area (Å²) in [4.78, 5) is 14.8. The van der Waals surface area contributed by atoms with Crippen LogP contribution < -0.4 is 10.9 Å². The molecular weight excluding hydrogens is 397 g/mol. The number of hydrogen-bond donors (Lipinski definition) is 4. The number of aliphatic hydroxyl groups excluding tert-OH is 2. The van der Waals surface area contributed by atoms with Crippen molar-refractivity contribution in [1.29, 1.82) is 0 Å². The monoisotopic (exact) mass is 429 g/mol. The Morgan fingerprint density at radius 2 is 2.11 bits per heavy atom. The van der Waals surface area contributed by atoms with Crippen LogP contribution in [-0.4, -0.2) is 70.4 Å². The van der Waals surface area contributed by atoms with E-state index in [-0.39, 0.29) is 10.3 Å². The van der Waals surface area contributed by atoms with Crippen molar-refractivity contribution in [2.45, 2.75) is 51.4 Å². The van der Waals surface area contributed by atoms with Gasteiger partial charge >= 0.3 is 0 Å². The fourth-order valence-corrected chi connectivity index (χ4v) is 4.20. The molecule has 1 aromatic rings. The zero-order chi connectivity index (χ0) is 21.1. The van der Waals surface area contributed by atoms with Crippen LogP contribution in [0, 0.1) is 4.77 Å². The number of hydrogen-bond acceptors (Lipinski definition) is 6. The van der Waals surface area contributed by atoms with Crippen molar-refractivity contribution >= 4 is 25.4 Å². The third kappa shape index (κ3) is 6.24. The second-order valence-corrected chi connectivity index (χ2v) is 12.9. The second kappa shape index (κ2) is 9.65. The van der Waals surface area contributed by atoms with E-state index in [1.165, 1.54) is 10.1 Å². The highest BCUT2D eigenvalue weighted by Crippen LogP contribution is 2.39. The maximum Gasteiger partial charge on any atom is 0.256 e. The van der Waals surface area contributed by atoms with E-state index in [1.54, 1.807) is 6.20 Å². The number of H-pyrrole nitrogens is 1. The maximum atomic E-state index is 12.2. The van der Waals surface area contributed by atoms with E-state index in [2.05, 4.69) is 29.9 Å². The summed E-state index contributed by atoms with van der Waals surface area (Å²) in [6.07, 6.45) is 5.80. The second-order valence-electron chi connectivity index (χ2n) is 8.23. The summed E-state index contributed by atoms with van der Waals surface area (Å²) in [6.45, 7) is 7.98. The van der Waals surface area contributed by atoms with Crippen molar-refractivity contribution in [3.05, 3.63) is 38.5 Å². The van der Waals surface area contributed by atoms with Gasteiger partial charge in [0.25, 0.3) is 5.56 Å². The summed E-state index contributed by atoms with van der Waals surface area (Å²) < 4.78 is 7.61. The first-order chi connectivity index (χ1) is 13.0. The Labute approximate surface area is 171 Å². The van der Waals surface area contributed by atoms with Crippen LogP contribution in [0.2, 0.25) is 0 Å². The van der Waals surface area contributed by atoms with Crippen molar-refractivity contribution in [2.24, 2.45) is 0 Å². The molecule has 0 amide bonds. The smallest absolute Gasteiger partial charge is 0.256 e. The van der Waals surface area contributed by atoms with Gasteiger partial charge in [0, 0.05) is 24.8 Å². The van der Waals surface area contributed by atoms with Crippen molar-refractivity contribution in [1.82, 2.24) is 14.9 Å². The predicted molar refractivity (Wildman–Crippen MR) is 118 cm³/mol. The number of aromatic nitrogens is 2. The Balaban J connectivity index is 2.18. The minimum Gasteiger partial charge on any atom is -0.388 e. The van der Waals surface area contributed by atoms with Crippen LogP contribution in [0.25, 0.3) is 0 Å². The van der Waals surface area contributed by atoms with Gasteiger partial charge in [-0.05, 0) is 52.0 Å². The van der Waals surface area contributed by atoms with Gasteiger partial charge in [0.05, 0.1) is 6.10 Å². The van der Waals surface area contributed by atoms with Gasteiger partial charge in [-0.3, -0.25) is 14.3 Å². The van der Waals surface area contributed by atoms with E-state index in [9.17, 15) is 15.0 Å². The van der Waals surface area contributed by atoms with E-state index in [4.69, 9.17) is 17.0 Å². The number of allylic oxidation sites excluding steroid dienone is 1. The molecule has 0 spiro atoms. The van der Waals surface area contributed by atoms with Crippen LogP contribution in [-0.2, 0) is 11.3 Å². The van der Waals surface area contributed by atoms with Gasteiger partial charge in [-0.2, -0.15) is 0 Å². The van der Waals surface area contributed by atoms with Crippen LogP contribution in [0.15, 0.2) is 22.6 Å². The van der Waals surface area contributed by atoms with Crippen molar-refractivity contribution < 1.29 is 14.9 Å². The molecule has 0 radical (unpaired) electrons. The maximum absolute atomic E-state index is 12.2. The van der Waals surface area contributed by atoms with E-state index in [0.717, 1.165) is 6.16 Å². The van der Waals surface area contributed by atoms with E-state index in [1.807, 2.05) is 19.9 Å². The number of aromatic amines is 1. The fraction of sp³-hybridized carbons (Fsp3) is 0.632. The van der Waals surface area contributed by atoms with Crippen LogP contribution in [0.1, 0.15) is 32.1 Å². The highest BCUT2D eigenvalue weighted by atomic mass is 32.1. The molecular formula is C19H32N3O4PS. The van der Waals surface area contributed by atoms with Crippen LogP contribution >= 0.6 is 19.1 Å². The number of ether oxygens (including phenoxy) is 1. The Morgan fingerprint density at radius 3 is 2.71 bits per heavy atom. The molecule has 1 fully saturated rings. The number of nitrogens with zero attached hydrogens (tertiary/aromatic N) is 1. The lowest BCUT2D eigenvalue weighted by molar-refractivity contribution is -0.0392. The molecule has 158 valence electrons. The number of aliphatic hydroxyl groups is 2. The average Bonchev–Trinajstić information content (AvgIpc) is 2.86. The molecule has 2 rings (SSSR count). The Kier molecular flexibility index (Phi) is 8.02. The lowest BCUT2D eigenvalue weighted by Gasteiger charge is -2.20. The molecule has 4 atom stereocenters. The van der Waals surface area contributed by atoms with Crippen LogP contribution in [0.4, 0.5) is 0 Å². The predicted octanol–water partition coefficient (Wildman–Crippen LogP) is 1.68. The van der Waals surface area contributed by atoms with Gasteiger partial charge in [0.2, 0.25) is 0 Å². The normalized spacial score (nSPS) is 25.1. The Hall–Kier alpha value is -1.02. The van der Waals surface area contributed by atoms with E-state index in [0.29, 0.717) is 25.1 Å². The lowest BCUT2D eigenvalue weighted by Crippen LogP contribution is -2.33. The Morgan fingerprint density at radius 1 is 1.43 bits per heavy atom. The first kappa shape index (κ1) is 23.3. The highest BCUT2D eigenvalue weighted by Gasteiger charge is 2.43. The quantitative estimate of drug-likeness (QED) is 0.217. The molecule has 1 unspecified atom stereocenters. The van der Waals surface area contributed by atoms with Gasteiger partial charge in [0.15, 0.2) is 11.0 Å². The lowest BCUT2D eigenvalue weighted by atomic mass is 10.1. The van der Waals surface area contributed by atoms with Crippen molar-refractivity contribution in [3.8, 4) is 0 Å². The zero-order valence-electron chi connectivity index (χ0n) is 17.0. The topological polar surface area (TPSA) is 99.5 Å². The molecule has 1 aliphatic heterocycles. The molecule has 1 aromatic heterocycles. The molecule has 0 aromatic carbocycles. The van der Waals surface area contributed by atoms with Crippen molar-refractivity contribution in [2.75, 3.05) is 26.0 Å². The molecule has 28 heavy (non-hydrogen) atoms. The van der Waals surface area contributed by atoms with Gasteiger partial charge < -0.3 is 20.3 Å². The zero-order valence-corrected chi connectivity index (χ0v) is 18.7. The van der Waals surface area contributed by atoms with E-state index >= 15 is 0 Å². The summed E-state index contributed by atoms with van der Waals surface area (Å²) in [5, 5.41) is 24.1. The summed E-state index contributed by atoms with van der Waals surface area (Å²) in [6, 6.07) is 0. The summed E-state index contributed by atoms with van der Waals surface area (Å²) in [7, 11) is 0. The van der Waals surface area contributed by atoms with Gasteiger partial charge in [-0.25, -0.2) is 0 Å². The molecule has 2 heterocycles. The summed E-state index contributed by atoms with van der Waals surface area (Å²) >= 11 is 5.26. The van der Waals surface area contributed by atoms with Crippen molar-refractivity contribution in [3.63, 3.8) is 0 Å². The van der Waals surface area contributed by atoms with Crippen LogP contribution in [0.5, 0.6) is 0 Å². The van der Waals surface area contributed by atoms with Gasteiger partial charge in [0.1, 0.15) is 12.2 Å². The summed E-state index contributed by atoms with van der Waals surface area (Å²) in [5.41, 5.74) is 1.39. The minimum atomic E-state index is -1.26. The third-order valence-electron chi connectivity index (χ3n) is 4.64. The molecule has 4 N–H and O–H groups in total. The number of rotatable bonds is 8. The molecule has 1 saturated heterocycles. The highest BCUT2D eigenvalue weighted by molar-refractivity contribution is 7.72. The molecule has 9 heteroatoms.